The second kappa shape index (κ2) is 4.86. The second-order valence-electron chi connectivity index (χ2n) is 4.19. The summed E-state index contributed by atoms with van der Waals surface area (Å²) in [6, 6.07) is 12.6. The normalized spacial score (nSPS) is 10.8. The predicted molar refractivity (Wildman–Crippen MR) is 73.5 cm³/mol. The van der Waals surface area contributed by atoms with E-state index in [1.807, 2.05) is 30.3 Å². The first-order valence-electron chi connectivity index (χ1n) is 5.85. The van der Waals surface area contributed by atoms with Crippen LogP contribution in [0.5, 0.6) is 0 Å². The molecule has 0 N–H and O–H groups in total. The van der Waals surface area contributed by atoms with Crippen molar-refractivity contribution in [2.45, 2.75) is 6.42 Å². The number of ketones is 1. The summed E-state index contributed by atoms with van der Waals surface area (Å²) in [7, 11) is 0. The average molecular weight is 272 g/mol. The second-order valence-corrected chi connectivity index (χ2v) is 4.60. The van der Waals surface area contributed by atoms with Gasteiger partial charge in [0.2, 0.25) is 5.78 Å². The lowest BCUT2D eigenvalue weighted by Gasteiger charge is -1.96. The van der Waals surface area contributed by atoms with Gasteiger partial charge in [-0.3, -0.25) is 9.78 Å². The highest BCUT2D eigenvalue weighted by atomic mass is 35.5. The summed E-state index contributed by atoms with van der Waals surface area (Å²) >= 11 is 6.02. The highest BCUT2D eigenvalue weighted by Crippen LogP contribution is 2.27. The van der Waals surface area contributed by atoms with Crippen molar-refractivity contribution in [2.75, 3.05) is 0 Å². The molecule has 4 heteroatoms. The third kappa shape index (κ3) is 2.37. The number of aromatic nitrogens is 1. The van der Waals surface area contributed by atoms with E-state index in [9.17, 15) is 4.79 Å². The number of furan rings is 1. The van der Waals surface area contributed by atoms with E-state index in [-0.39, 0.29) is 12.2 Å². The van der Waals surface area contributed by atoms with Gasteiger partial charge >= 0.3 is 0 Å². The molecule has 3 nitrogen and oxygen atoms in total. The first kappa shape index (κ1) is 11.9. The quantitative estimate of drug-likeness (QED) is 0.679. The van der Waals surface area contributed by atoms with Crippen LogP contribution >= 0.6 is 11.6 Å². The summed E-state index contributed by atoms with van der Waals surface area (Å²) < 4.78 is 5.52. The maximum absolute atomic E-state index is 12.1. The summed E-state index contributed by atoms with van der Waals surface area (Å²) in [6.45, 7) is 0. The van der Waals surface area contributed by atoms with Gasteiger partial charge in [0.15, 0.2) is 11.3 Å². The molecule has 0 saturated heterocycles. The molecule has 0 aliphatic carbocycles. The van der Waals surface area contributed by atoms with Crippen LogP contribution < -0.4 is 0 Å². The van der Waals surface area contributed by atoms with E-state index < -0.39 is 0 Å². The molecule has 0 aliphatic rings. The Labute approximate surface area is 114 Å². The molecule has 3 aromatic rings. The lowest BCUT2D eigenvalue weighted by atomic mass is 10.1. The van der Waals surface area contributed by atoms with E-state index in [1.54, 1.807) is 18.3 Å². The van der Waals surface area contributed by atoms with E-state index in [0.29, 0.717) is 16.4 Å². The van der Waals surface area contributed by atoms with Crippen molar-refractivity contribution < 1.29 is 9.21 Å². The Kier molecular flexibility index (Phi) is 3.05. The van der Waals surface area contributed by atoms with Crippen LogP contribution in [0.2, 0.25) is 5.02 Å². The number of halogens is 1. The minimum Gasteiger partial charge on any atom is -0.451 e. The Morgan fingerprint density at radius 1 is 1.21 bits per heavy atom. The lowest BCUT2D eigenvalue weighted by Crippen LogP contribution is -2.03. The number of carbonyl (C=O) groups is 1. The number of para-hydroxylation sites is 1. The Morgan fingerprint density at radius 3 is 2.84 bits per heavy atom. The maximum atomic E-state index is 12.1. The summed E-state index contributed by atoms with van der Waals surface area (Å²) in [4.78, 5) is 16.2. The Bertz CT molecular complexity index is 734. The third-order valence-electron chi connectivity index (χ3n) is 2.84. The molecule has 0 unspecified atom stereocenters. The zero-order valence-electron chi connectivity index (χ0n) is 9.97. The maximum Gasteiger partial charge on any atom is 0.203 e. The van der Waals surface area contributed by atoms with E-state index in [1.165, 1.54) is 0 Å². The third-order valence-corrected chi connectivity index (χ3v) is 3.14. The fourth-order valence-electron chi connectivity index (χ4n) is 1.92. The van der Waals surface area contributed by atoms with Crippen LogP contribution in [0.15, 0.2) is 53.1 Å². The summed E-state index contributed by atoms with van der Waals surface area (Å²) in [5.74, 6) is 0.208. The molecular weight excluding hydrogens is 262 g/mol. The topological polar surface area (TPSA) is 43.1 Å². The zero-order chi connectivity index (χ0) is 13.2. The van der Waals surface area contributed by atoms with Gasteiger partial charge in [-0.1, -0.05) is 29.8 Å². The highest BCUT2D eigenvalue weighted by molar-refractivity contribution is 6.34. The number of Topliss-reactive ketones (excluding diaryl/α,β-unsaturated/α-hetero) is 1. The molecule has 0 atom stereocenters. The van der Waals surface area contributed by atoms with E-state index in [0.717, 1.165) is 11.1 Å². The predicted octanol–water partition coefficient (Wildman–Crippen LogP) is 3.91. The first-order valence-corrected chi connectivity index (χ1v) is 6.23. The van der Waals surface area contributed by atoms with Crippen molar-refractivity contribution in [3.8, 4) is 0 Å². The van der Waals surface area contributed by atoms with Gasteiger partial charge in [-0.05, 0) is 24.3 Å². The standard InChI is InChI=1S/C15H10ClNO2/c16-12-6-3-4-10-8-14(19-15(10)12)13(18)9-11-5-1-2-7-17-11/h1-8H,9H2. The molecule has 2 heterocycles. The molecule has 3 rings (SSSR count). The molecule has 0 radical (unpaired) electrons. The Morgan fingerprint density at radius 2 is 2.11 bits per heavy atom. The van der Waals surface area contributed by atoms with Crippen molar-refractivity contribution >= 4 is 28.4 Å². The van der Waals surface area contributed by atoms with Crippen molar-refractivity contribution in [1.29, 1.82) is 0 Å². The minimum atomic E-state index is -0.106. The molecule has 0 bridgehead atoms. The molecule has 1 aromatic carbocycles. The Balaban J connectivity index is 1.92. The molecule has 94 valence electrons. The molecule has 19 heavy (non-hydrogen) atoms. The van der Waals surface area contributed by atoms with E-state index in [4.69, 9.17) is 16.0 Å². The van der Waals surface area contributed by atoms with Gasteiger partial charge in [0.25, 0.3) is 0 Å². The molecule has 0 saturated carbocycles. The fraction of sp³-hybridized carbons (Fsp3) is 0.0667. The molecule has 0 aliphatic heterocycles. The summed E-state index contributed by atoms with van der Waals surface area (Å²) in [5.41, 5.74) is 1.27. The average Bonchev–Trinajstić information content (AvgIpc) is 2.85. The van der Waals surface area contributed by atoms with Gasteiger partial charge in [0, 0.05) is 17.3 Å². The number of nitrogens with zero attached hydrogens (tertiary/aromatic N) is 1. The van der Waals surface area contributed by atoms with E-state index >= 15 is 0 Å². The zero-order valence-corrected chi connectivity index (χ0v) is 10.7. The first-order chi connectivity index (χ1) is 9.24. The number of hydrogen-bond donors (Lipinski definition) is 0. The van der Waals surface area contributed by atoms with Crippen LogP contribution in [-0.4, -0.2) is 10.8 Å². The largest absolute Gasteiger partial charge is 0.451 e. The highest BCUT2D eigenvalue weighted by Gasteiger charge is 2.14. The molecule has 0 amide bonds. The smallest absolute Gasteiger partial charge is 0.203 e. The summed E-state index contributed by atoms with van der Waals surface area (Å²) in [6.07, 6.45) is 1.89. The number of rotatable bonds is 3. The van der Waals surface area contributed by atoms with Crippen LogP contribution in [0.3, 0.4) is 0 Å². The van der Waals surface area contributed by atoms with Crippen LogP contribution in [0, 0.1) is 0 Å². The number of hydrogen-bond acceptors (Lipinski definition) is 3. The number of carbonyl (C=O) groups excluding carboxylic acids is 1. The van der Waals surface area contributed by atoms with Gasteiger partial charge in [-0.25, -0.2) is 0 Å². The number of pyridine rings is 1. The Hall–Kier alpha value is -2.13. The molecule has 0 spiro atoms. The van der Waals surface area contributed by atoms with Gasteiger partial charge in [0.05, 0.1) is 11.4 Å². The minimum absolute atomic E-state index is 0.106. The van der Waals surface area contributed by atoms with E-state index in [2.05, 4.69) is 4.98 Å². The molecule has 2 aromatic heterocycles. The fourth-order valence-corrected chi connectivity index (χ4v) is 2.14. The van der Waals surface area contributed by atoms with Crippen LogP contribution in [0.25, 0.3) is 11.0 Å². The molecule has 0 fully saturated rings. The lowest BCUT2D eigenvalue weighted by molar-refractivity contribution is 0.0967. The number of fused-ring (bicyclic) bond motifs is 1. The van der Waals surface area contributed by atoms with Crippen molar-refractivity contribution in [3.05, 3.63) is 65.1 Å². The van der Waals surface area contributed by atoms with Gasteiger partial charge < -0.3 is 4.42 Å². The van der Waals surface area contributed by atoms with Crippen LogP contribution in [-0.2, 0) is 6.42 Å². The monoisotopic (exact) mass is 271 g/mol. The van der Waals surface area contributed by atoms with Crippen molar-refractivity contribution in [3.63, 3.8) is 0 Å². The molecular formula is C15H10ClNO2. The SMILES string of the molecule is O=C(Cc1ccccn1)c1cc2cccc(Cl)c2o1. The van der Waals surface area contributed by atoms with Gasteiger partial charge in [0.1, 0.15) is 0 Å². The van der Waals surface area contributed by atoms with Crippen molar-refractivity contribution in [2.24, 2.45) is 0 Å². The van der Waals surface area contributed by atoms with Gasteiger partial charge in [-0.15, -0.1) is 0 Å². The van der Waals surface area contributed by atoms with Crippen LogP contribution in [0.1, 0.15) is 16.2 Å². The van der Waals surface area contributed by atoms with Gasteiger partial charge in [-0.2, -0.15) is 0 Å². The van der Waals surface area contributed by atoms with Crippen LogP contribution in [0.4, 0.5) is 0 Å². The summed E-state index contributed by atoms with van der Waals surface area (Å²) in [5, 5.41) is 1.34. The number of benzene rings is 1. The van der Waals surface area contributed by atoms with Crippen molar-refractivity contribution in [1.82, 2.24) is 4.98 Å².